The Morgan fingerprint density at radius 3 is 0.857 bits per heavy atom. The highest BCUT2D eigenvalue weighted by Crippen LogP contribution is 2.00. The van der Waals surface area contributed by atoms with E-state index in [1.54, 1.807) is 0 Å². The van der Waals surface area contributed by atoms with Crippen LogP contribution in [0.25, 0.3) is 0 Å². The van der Waals surface area contributed by atoms with Gasteiger partial charge in [-0.1, -0.05) is 92.9 Å². The van der Waals surface area contributed by atoms with Gasteiger partial charge in [-0.15, -0.1) is 0 Å². The molecule has 90 valence electrons. The van der Waals surface area contributed by atoms with Gasteiger partial charge in [0.1, 0.15) is 0 Å². The standard InChI is InChI=1S/C7H16.C4H10.C3H8/c1-3-5-7-6-4-2;1-3-4-2;1-3-2/h3-7H2,1-2H3;3-4H2,1-2H3;3H2,1-2H3. The second-order valence-electron chi connectivity index (χ2n) is 3.77. The van der Waals surface area contributed by atoms with Crippen LogP contribution in [0.3, 0.4) is 0 Å². The van der Waals surface area contributed by atoms with E-state index in [-0.39, 0.29) is 0 Å². The minimum Gasteiger partial charge on any atom is -0.0656 e. The first-order chi connectivity index (χ1) is 6.74. The smallest absolute Gasteiger partial charge is 0.0533 e. The van der Waals surface area contributed by atoms with E-state index in [0.717, 1.165) is 0 Å². The van der Waals surface area contributed by atoms with Gasteiger partial charge in [-0.25, -0.2) is 0 Å². The molecule has 0 saturated carbocycles. The Kier molecular flexibility index (Phi) is 40.9. The van der Waals surface area contributed by atoms with E-state index < -0.39 is 0 Å². The van der Waals surface area contributed by atoms with Crippen molar-refractivity contribution >= 4 is 0 Å². The lowest BCUT2D eigenvalue weighted by Gasteiger charge is -1.90. The van der Waals surface area contributed by atoms with Crippen LogP contribution in [0, 0.1) is 0 Å². The van der Waals surface area contributed by atoms with Crippen molar-refractivity contribution in [3.8, 4) is 0 Å². The minimum atomic E-state index is 1.25. The molecule has 0 amide bonds. The average Bonchev–Trinajstić information content (AvgIpc) is 2.20. The molecule has 0 heterocycles. The third-order valence-corrected chi connectivity index (χ3v) is 1.71. The van der Waals surface area contributed by atoms with Crippen molar-refractivity contribution in [3.05, 3.63) is 0 Å². The molecular weight excluding hydrogens is 168 g/mol. The Balaban J connectivity index is -0.000000147. The van der Waals surface area contributed by atoms with Gasteiger partial charge in [-0.3, -0.25) is 0 Å². The van der Waals surface area contributed by atoms with E-state index in [9.17, 15) is 0 Å². The molecule has 0 fully saturated rings. The number of hydrogen-bond donors (Lipinski definition) is 0. The zero-order valence-corrected chi connectivity index (χ0v) is 11.7. The summed E-state index contributed by atoms with van der Waals surface area (Å²) >= 11 is 0. The summed E-state index contributed by atoms with van der Waals surface area (Å²) in [6.07, 6.45) is 10.9. The summed E-state index contributed by atoms with van der Waals surface area (Å²) in [6, 6.07) is 0. The summed E-state index contributed by atoms with van der Waals surface area (Å²) in [4.78, 5) is 0. The Bertz CT molecular complexity index is 42.0. The van der Waals surface area contributed by atoms with Gasteiger partial charge in [0.2, 0.25) is 0 Å². The maximum Gasteiger partial charge on any atom is -0.0533 e. The number of rotatable bonds is 5. The largest absolute Gasteiger partial charge is 0.0656 e. The van der Waals surface area contributed by atoms with Gasteiger partial charge in [-0.05, 0) is 0 Å². The molecule has 0 aromatic heterocycles. The molecular formula is C14H34. The van der Waals surface area contributed by atoms with Crippen LogP contribution in [0.1, 0.15) is 92.9 Å². The predicted octanol–water partition coefficient (Wildman–Crippen LogP) is 6.20. The molecule has 0 aliphatic heterocycles. The summed E-state index contributed by atoms with van der Waals surface area (Å²) in [5.74, 6) is 0. The molecule has 0 radical (unpaired) electrons. The fourth-order valence-corrected chi connectivity index (χ4v) is 0.677. The Morgan fingerprint density at radius 2 is 0.714 bits per heavy atom. The molecule has 0 N–H and O–H groups in total. The van der Waals surface area contributed by atoms with Crippen LogP contribution in [0.4, 0.5) is 0 Å². The SMILES string of the molecule is CCC.CCCC.CCCCCCC. The predicted molar refractivity (Wildman–Crippen MR) is 71.0 cm³/mol. The first-order valence-electron chi connectivity index (χ1n) is 6.74. The molecule has 0 atom stereocenters. The second kappa shape index (κ2) is 29.2. The van der Waals surface area contributed by atoms with Gasteiger partial charge in [0.05, 0.1) is 0 Å². The summed E-state index contributed by atoms with van der Waals surface area (Å²) in [5, 5.41) is 0. The fraction of sp³-hybridized carbons (Fsp3) is 1.00. The Labute approximate surface area is 93.5 Å². The highest BCUT2D eigenvalue weighted by molar-refractivity contribution is 4.35. The molecule has 0 aromatic rings. The van der Waals surface area contributed by atoms with Crippen molar-refractivity contribution in [1.29, 1.82) is 0 Å². The van der Waals surface area contributed by atoms with E-state index in [0.29, 0.717) is 0 Å². The second-order valence-corrected chi connectivity index (χ2v) is 3.77. The van der Waals surface area contributed by atoms with Crippen molar-refractivity contribution < 1.29 is 0 Å². The molecule has 0 nitrogen and oxygen atoms in total. The van der Waals surface area contributed by atoms with E-state index in [4.69, 9.17) is 0 Å². The van der Waals surface area contributed by atoms with Crippen molar-refractivity contribution in [2.45, 2.75) is 92.9 Å². The third-order valence-electron chi connectivity index (χ3n) is 1.71. The van der Waals surface area contributed by atoms with Gasteiger partial charge < -0.3 is 0 Å². The molecule has 0 aliphatic carbocycles. The zero-order valence-electron chi connectivity index (χ0n) is 11.7. The quantitative estimate of drug-likeness (QED) is 0.466. The maximum atomic E-state index is 2.25. The van der Waals surface area contributed by atoms with Crippen LogP contribution in [0.5, 0.6) is 0 Å². The van der Waals surface area contributed by atoms with E-state index >= 15 is 0 Å². The van der Waals surface area contributed by atoms with Gasteiger partial charge in [-0.2, -0.15) is 0 Å². The topological polar surface area (TPSA) is 0 Å². The monoisotopic (exact) mass is 202 g/mol. The first-order valence-corrected chi connectivity index (χ1v) is 6.74. The number of hydrogen-bond acceptors (Lipinski definition) is 0. The van der Waals surface area contributed by atoms with Gasteiger partial charge in [0.15, 0.2) is 0 Å². The molecule has 0 saturated heterocycles. The van der Waals surface area contributed by atoms with Crippen LogP contribution >= 0.6 is 0 Å². The van der Waals surface area contributed by atoms with E-state index in [1.165, 1.54) is 51.4 Å². The third kappa shape index (κ3) is 58.1. The maximum absolute atomic E-state index is 2.25. The lowest BCUT2D eigenvalue weighted by molar-refractivity contribution is 0.656. The minimum absolute atomic E-state index is 1.25. The fourth-order valence-electron chi connectivity index (χ4n) is 0.677. The lowest BCUT2D eigenvalue weighted by Crippen LogP contribution is -1.70. The first kappa shape index (κ1) is 19.6. The summed E-state index contributed by atoms with van der Waals surface area (Å²) in [7, 11) is 0. The highest BCUT2D eigenvalue weighted by atomic mass is 13.9. The summed E-state index contributed by atoms with van der Waals surface area (Å²) in [6.45, 7) is 13.1. The molecule has 0 spiro atoms. The Hall–Kier alpha value is 0. The molecule has 0 heteroatoms. The average molecular weight is 202 g/mol. The molecule has 0 aromatic carbocycles. The normalized spacial score (nSPS) is 8.14. The van der Waals surface area contributed by atoms with Gasteiger partial charge in [0, 0.05) is 0 Å². The van der Waals surface area contributed by atoms with Crippen molar-refractivity contribution in [3.63, 3.8) is 0 Å². The van der Waals surface area contributed by atoms with Crippen LogP contribution in [-0.4, -0.2) is 0 Å². The van der Waals surface area contributed by atoms with Gasteiger partial charge >= 0.3 is 0 Å². The Morgan fingerprint density at radius 1 is 0.429 bits per heavy atom. The molecule has 0 unspecified atom stereocenters. The lowest BCUT2D eigenvalue weighted by atomic mass is 10.2. The van der Waals surface area contributed by atoms with Gasteiger partial charge in [0.25, 0.3) is 0 Å². The van der Waals surface area contributed by atoms with E-state index in [1.807, 2.05) is 0 Å². The summed E-state index contributed by atoms with van der Waals surface area (Å²) in [5.41, 5.74) is 0. The van der Waals surface area contributed by atoms with Crippen molar-refractivity contribution in [2.75, 3.05) is 0 Å². The van der Waals surface area contributed by atoms with Crippen LogP contribution in [0.2, 0.25) is 0 Å². The van der Waals surface area contributed by atoms with Crippen molar-refractivity contribution in [1.82, 2.24) is 0 Å². The molecule has 0 rings (SSSR count). The summed E-state index contributed by atoms with van der Waals surface area (Å²) < 4.78 is 0. The van der Waals surface area contributed by atoms with Crippen LogP contribution in [-0.2, 0) is 0 Å². The highest BCUT2D eigenvalue weighted by Gasteiger charge is 1.80. The van der Waals surface area contributed by atoms with Crippen LogP contribution in [0.15, 0.2) is 0 Å². The van der Waals surface area contributed by atoms with Crippen LogP contribution < -0.4 is 0 Å². The molecule has 0 bridgehead atoms. The number of unbranched alkanes of at least 4 members (excludes halogenated alkanes) is 5. The zero-order chi connectivity index (χ0) is 11.7. The van der Waals surface area contributed by atoms with E-state index in [2.05, 4.69) is 41.5 Å². The molecule has 14 heavy (non-hydrogen) atoms. The molecule has 0 aliphatic rings. The van der Waals surface area contributed by atoms with Crippen molar-refractivity contribution in [2.24, 2.45) is 0 Å².